The van der Waals surface area contributed by atoms with Crippen LogP contribution in [0.3, 0.4) is 0 Å². The zero-order chi connectivity index (χ0) is 22.1. The molecule has 3 atom stereocenters. The van der Waals surface area contributed by atoms with Crippen molar-refractivity contribution in [2.24, 2.45) is 11.8 Å². The molecule has 0 saturated heterocycles. The van der Waals surface area contributed by atoms with E-state index in [1.54, 1.807) is 7.11 Å². The number of carbonyl (C=O) groups excluding carboxylic acids is 1. The molecule has 0 bridgehead atoms. The number of aromatic nitrogens is 3. The molecule has 3 aromatic rings. The van der Waals surface area contributed by atoms with Crippen molar-refractivity contribution < 1.29 is 9.53 Å². The van der Waals surface area contributed by atoms with Crippen LogP contribution in [0, 0.1) is 16.6 Å². The number of hydrogen-bond acceptors (Lipinski definition) is 4. The van der Waals surface area contributed by atoms with Crippen molar-refractivity contribution in [1.82, 2.24) is 19.9 Å². The van der Waals surface area contributed by atoms with Crippen LogP contribution in [-0.2, 0) is 11.3 Å². The third-order valence-electron chi connectivity index (χ3n) is 6.78. The first-order valence-corrected chi connectivity index (χ1v) is 11.4. The Hall–Kier alpha value is -2.61. The van der Waals surface area contributed by atoms with Gasteiger partial charge in [0.05, 0.1) is 12.6 Å². The van der Waals surface area contributed by atoms with Gasteiger partial charge in [0.25, 0.3) is 5.56 Å². The third kappa shape index (κ3) is 4.26. The number of benzene rings is 1. The second-order valence-corrected chi connectivity index (χ2v) is 9.11. The van der Waals surface area contributed by atoms with E-state index >= 15 is 0 Å². The van der Waals surface area contributed by atoms with Gasteiger partial charge in [-0.15, -0.1) is 0 Å². The number of hydrogen-bond donors (Lipinski definition) is 3. The Balaban J connectivity index is 1.47. The Morgan fingerprint density at radius 3 is 2.84 bits per heavy atom. The Morgan fingerprint density at radius 1 is 1.26 bits per heavy atom. The van der Waals surface area contributed by atoms with Crippen LogP contribution in [0.1, 0.15) is 46.0 Å². The van der Waals surface area contributed by atoms with Gasteiger partial charge < -0.3 is 20.0 Å². The molecule has 4 rings (SSSR count). The first-order chi connectivity index (χ1) is 14.9. The number of nitrogens with zero attached hydrogens (tertiary/aromatic N) is 1. The van der Waals surface area contributed by atoms with Gasteiger partial charge in [-0.1, -0.05) is 26.7 Å². The number of methoxy groups -OCH3 is 1. The normalized spacial score (nSPS) is 21.5. The number of amides is 1. The minimum atomic E-state index is -0.177. The molecular formula is C23H30N4O3S. The van der Waals surface area contributed by atoms with Crippen LogP contribution < -0.4 is 15.6 Å². The zero-order valence-corrected chi connectivity index (χ0v) is 19.1. The van der Waals surface area contributed by atoms with Crippen LogP contribution in [0.2, 0.25) is 0 Å². The minimum Gasteiger partial charge on any atom is -0.497 e. The lowest BCUT2D eigenvalue weighted by atomic mass is 9.78. The van der Waals surface area contributed by atoms with Crippen molar-refractivity contribution in [3.05, 3.63) is 33.3 Å². The predicted octanol–water partition coefficient (Wildman–Crippen LogP) is 4.27. The van der Waals surface area contributed by atoms with Crippen LogP contribution in [0.5, 0.6) is 5.75 Å². The standard InChI is InChI=1S/C23H30N4O3S/c1-13-6-4-7-17(14(13)2)24-19(28)8-5-11-27-22(29)21-20(26-23(27)31)16-12-15(30-3)9-10-18(16)25-21/h9-10,12-14,17,25H,4-8,11H2,1-3H3,(H,24,28)(H,26,31)/t13-,14+,17+/m0/s1. The molecule has 1 saturated carbocycles. The molecule has 1 aliphatic carbocycles. The average Bonchev–Trinajstić information content (AvgIpc) is 3.11. The van der Waals surface area contributed by atoms with Crippen molar-refractivity contribution in [2.45, 2.75) is 58.5 Å². The van der Waals surface area contributed by atoms with E-state index in [1.807, 2.05) is 18.2 Å². The fourth-order valence-corrected chi connectivity index (χ4v) is 4.93. The van der Waals surface area contributed by atoms with E-state index in [9.17, 15) is 9.59 Å². The topological polar surface area (TPSA) is 91.9 Å². The quantitative estimate of drug-likeness (QED) is 0.497. The second kappa shape index (κ2) is 8.86. The number of aromatic amines is 2. The Kier molecular flexibility index (Phi) is 6.18. The van der Waals surface area contributed by atoms with E-state index < -0.39 is 0 Å². The average molecular weight is 443 g/mol. The van der Waals surface area contributed by atoms with E-state index in [0.717, 1.165) is 23.7 Å². The number of nitrogens with one attached hydrogen (secondary N) is 3. The van der Waals surface area contributed by atoms with Crippen molar-refractivity contribution in [2.75, 3.05) is 7.11 Å². The summed E-state index contributed by atoms with van der Waals surface area (Å²) >= 11 is 5.46. The molecule has 1 aliphatic rings. The van der Waals surface area contributed by atoms with E-state index in [1.165, 1.54) is 11.0 Å². The number of carbonyl (C=O) groups is 1. The van der Waals surface area contributed by atoms with Crippen molar-refractivity contribution in [3.63, 3.8) is 0 Å². The molecule has 3 N–H and O–H groups in total. The lowest BCUT2D eigenvalue weighted by Crippen LogP contribution is -2.43. The molecule has 1 fully saturated rings. The first kappa shape index (κ1) is 21.6. The van der Waals surface area contributed by atoms with Gasteiger partial charge in [-0.05, 0) is 55.1 Å². The van der Waals surface area contributed by atoms with Crippen LogP contribution >= 0.6 is 12.2 Å². The molecule has 166 valence electrons. The van der Waals surface area contributed by atoms with Crippen molar-refractivity contribution in [3.8, 4) is 5.75 Å². The van der Waals surface area contributed by atoms with Gasteiger partial charge in [0, 0.05) is 29.9 Å². The molecule has 8 heteroatoms. The number of rotatable bonds is 6. The minimum absolute atomic E-state index is 0.0488. The van der Waals surface area contributed by atoms with Gasteiger partial charge in [-0.3, -0.25) is 14.2 Å². The van der Waals surface area contributed by atoms with Crippen LogP contribution in [0.25, 0.3) is 21.9 Å². The summed E-state index contributed by atoms with van der Waals surface area (Å²) in [5.74, 6) is 1.90. The maximum atomic E-state index is 13.1. The first-order valence-electron chi connectivity index (χ1n) is 11.0. The number of fused-ring (bicyclic) bond motifs is 3. The lowest BCUT2D eigenvalue weighted by Gasteiger charge is -2.34. The van der Waals surface area contributed by atoms with Crippen LogP contribution in [-0.4, -0.2) is 33.6 Å². The van der Waals surface area contributed by atoms with Gasteiger partial charge in [-0.2, -0.15) is 0 Å². The fraction of sp³-hybridized carbons (Fsp3) is 0.522. The molecule has 0 radical (unpaired) electrons. The van der Waals surface area contributed by atoms with E-state index in [-0.39, 0.29) is 17.5 Å². The summed E-state index contributed by atoms with van der Waals surface area (Å²) in [5.41, 5.74) is 1.82. The van der Waals surface area contributed by atoms with Gasteiger partial charge in [0.2, 0.25) is 5.91 Å². The highest BCUT2D eigenvalue weighted by atomic mass is 32.1. The third-order valence-corrected chi connectivity index (χ3v) is 7.10. The Morgan fingerprint density at radius 2 is 2.06 bits per heavy atom. The molecule has 31 heavy (non-hydrogen) atoms. The number of H-pyrrole nitrogens is 2. The smallest absolute Gasteiger partial charge is 0.278 e. The molecule has 1 amide bonds. The predicted molar refractivity (Wildman–Crippen MR) is 125 cm³/mol. The highest BCUT2D eigenvalue weighted by Crippen LogP contribution is 2.29. The Labute approximate surface area is 186 Å². The van der Waals surface area contributed by atoms with E-state index in [2.05, 4.69) is 29.1 Å². The second-order valence-electron chi connectivity index (χ2n) is 8.72. The van der Waals surface area contributed by atoms with Gasteiger partial charge in [0.15, 0.2) is 4.77 Å². The fourth-order valence-electron chi connectivity index (χ4n) is 4.66. The van der Waals surface area contributed by atoms with E-state index in [0.29, 0.717) is 52.8 Å². The van der Waals surface area contributed by atoms with Gasteiger partial charge >= 0.3 is 0 Å². The van der Waals surface area contributed by atoms with Crippen molar-refractivity contribution in [1.29, 1.82) is 0 Å². The summed E-state index contributed by atoms with van der Waals surface area (Å²) in [7, 11) is 1.61. The van der Waals surface area contributed by atoms with Crippen LogP contribution in [0.15, 0.2) is 23.0 Å². The summed E-state index contributed by atoms with van der Waals surface area (Å²) in [5, 5.41) is 4.06. The maximum absolute atomic E-state index is 13.1. The summed E-state index contributed by atoms with van der Waals surface area (Å²) in [6.45, 7) is 4.87. The molecule has 2 aromatic heterocycles. The molecule has 0 spiro atoms. The maximum Gasteiger partial charge on any atom is 0.278 e. The molecule has 7 nitrogen and oxygen atoms in total. The zero-order valence-electron chi connectivity index (χ0n) is 18.3. The van der Waals surface area contributed by atoms with Crippen molar-refractivity contribution >= 4 is 40.1 Å². The lowest BCUT2D eigenvalue weighted by molar-refractivity contribution is -0.122. The molecule has 2 heterocycles. The monoisotopic (exact) mass is 442 g/mol. The van der Waals surface area contributed by atoms with Gasteiger partial charge in [0.1, 0.15) is 11.3 Å². The molecule has 0 aliphatic heterocycles. The Bertz CT molecular complexity index is 1230. The summed E-state index contributed by atoms with van der Waals surface area (Å²) in [6.07, 6.45) is 4.37. The SMILES string of the molecule is COc1ccc2[nH]c3c(=O)n(CCCC(=O)N[C@@H]4CCC[C@H](C)[C@H]4C)c(=S)[nH]c3c2c1. The molecule has 0 unspecified atom stereocenters. The molecule has 1 aromatic carbocycles. The van der Waals surface area contributed by atoms with E-state index in [4.69, 9.17) is 17.0 Å². The summed E-state index contributed by atoms with van der Waals surface area (Å²) in [6, 6.07) is 5.85. The van der Waals surface area contributed by atoms with Gasteiger partial charge in [-0.25, -0.2) is 0 Å². The number of ether oxygens (including phenoxy) is 1. The van der Waals surface area contributed by atoms with Crippen LogP contribution in [0.4, 0.5) is 0 Å². The largest absolute Gasteiger partial charge is 0.497 e. The highest BCUT2D eigenvalue weighted by molar-refractivity contribution is 7.71. The summed E-state index contributed by atoms with van der Waals surface area (Å²) < 4.78 is 7.18. The molecular weight excluding hydrogens is 412 g/mol. The highest BCUT2D eigenvalue weighted by Gasteiger charge is 2.27. The summed E-state index contributed by atoms with van der Waals surface area (Å²) in [4.78, 5) is 31.9.